The molecule has 0 fully saturated rings. The van der Waals surface area contributed by atoms with Gasteiger partial charge in [-0.3, -0.25) is 4.79 Å². The van der Waals surface area contributed by atoms with Gasteiger partial charge in [0.15, 0.2) is 0 Å². The molecule has 1 rings (SSSR count). The second-order valence-electron chi connectivity index (χ2n) is 5.54. The Morgan fingerprint density at radius 3 is 2.55 bits per heavy atom. The van der Waals surface area contributed by atoms with E-state index in [-0.39, 0.29) is 17.7 Å². The number of carbonyl (C=O) groups is 1. The smallest absolute Gasteiger partial charge is 0.303 e. The fraction of sp³-hybridized carbons (Fsp3) is 0.588. The number of halogens is 1. The van der Waals surface area contributed by atoms with Crippen LogP contribution < -0.4 is 0 Å². The average Bonchev–Trinajstić information content (AvgIpc) is 2.36. The quantitative estimate of drug-likeness (QED) is 0.529. The topological polar surface area (TPSA) is 26.3 Å². The Balaban J connectivity index is 3.07. The molecule has 0 radical (unpaired) electrons. The molecule has 0 aromatic heterocycles. The van der Waals surface area contributed by atoms with Crippen molar-refractivity contribution < 1.29 is 13.9 Å². The summed E-state index contributed by atoms with van der Waals surface area (Å²) in [5.74, 6) is -0.605. The van der Waals surface area contributed by atoms with Crippen LogP contribution in [0.25, 0.3) is 0 Å². The molecule has 0 aliphatic rings. The van der Waals surface area contributed by atoms with Crippen molar-refractivity contribution in [3.63, 3.8) is 0 Å². The molecule has 2 nitrogen and oxygen atoms in total. The lowest BCUT2D eigenvalue weighted by molar-refractivity contribution is -0.149. The second kappa shape index (κ2) is 8.03. The Morgan fingerprint density at radius 2 is 2.00 bits per heavy atom. The molecule has 1 aromatic rings. The number of carbonyl (C=O) groups excluding carboxylic acids is 1. The van der Waals surface area contributed by atoms with E-state index in [0.717, 1.165) is 31.2 Å². The SMILES string of the molecule is CCCCCc1cccc(F)c1C(OC(C)=O)C(C)C. The Kier molecular flexibility index (Phi) is 6.69. The summed E-state index contributed by atoms with van der Waals surface area (Å²) in [7, 11) is 0. The molecule has 1 unspecified atom stereocenters. The normalized spacial score (nSPS) is 12.5. The van der Waals surface area contributed by atoms with Crippen molar-refractivity contribution in [2.24, 2.45) is 5.92 Å². The monoisotopic (exact) mass is 280 g/mol. The van der Waals surface area contributed by atoms with Crippen molar-refractivity contribution in [2.75, 3.05) is 0 Å². The molecule has 0 bridgehead atoms. The molecule has 112 valence electrons. The van der Waals surface area contributed by atoms with Gasteiger partial charge in [0, 0.05) is 12.5 Å². The lowest BCUT2D eigenvalue weighted by Crippen LogP contribution is -2.17. The van der Waals surface area contributed by atoms with Crippen LogP contribution in [0.1, 0.15) is 64.2 Å². The zero-order chi connectivity index (χ0) is 15.1. The third-order valence-corrected chi connectivity index (χ3v) is 3.38. The van der Waals surface area contributed by atoms with Crippen LogP contribution in [0.2, 0.25) is 0 Å². The lowest BCUT2D eigenvalue weighted by atomic mass is 9.91. The molecule has 0 saturated heterocycles. The lowest BCUT2D eigenvalue weighted by Gasteiger charge is -2.24. The van der Waals surface area contributed by atoms with Crippen LogP contribution in [0.5, 0.6) is 0 Å². The largest absolute Gasteiger partial charge is 0.457 e. The maximum Gasteiger partial charge on any atom is 0.303 e. The van der Waals surface area contributed by atoms with Crippen LogP contribution in [0.15, 0.2) is 18.2 Å². The number of benzene rings is 1. The Bertz CT molecular complexity index is 441. The first-order valence-corrected chi connectivity index (χ1v) is 7.41. The first-order valence-electron chi connectivity index (χ1n) is 7.41. The standard InChI is InChI=1S/C17H25FO2/c1-5-6-7-9-14-10-8-11-15(18)16(14)17(12(2)3)20-13(4)19/h8,10-12,17H,5-7,9H2,1-4H3. The highest BCUT2D eigenvalue weighted by atomic mass is 19.1. The summed E-state index contributed by atoms with van der Waals surface area (Å²) in [5, 5.41) is 0. The van der Waals surface area contributed by atoms with Gasteiger partial charge in [0.2, 0.25) is 0 Å². The van der Waals surface area contributed by atoms with Gasteiger partial charge >= 0.3 is 5.97 Å². The Morgan fingerprint density at radius 1 is 1.30 bits per heavy atom. The fourth-order valence-corrected chi connectivity index (χ4v) is 2.39. The minimum Gasteiger partial charge on any atom is -0.457 e. The number of esters is 1. The fourth-order valence-electron chi connectivity index (χ4n) is 2.39. The maximum atomic E-state index is 14.2. The highest BCUT2D eigenvalue weighted by Gasteiger charge is 2.25. The summed E-state index contributed by atoms with van der Waals surface area (Å²) in [6.45, 7) is 7.39. The highest BCUT2D eigenvalue weighted by molar-refractivity contribution is 5.66. The molecule has 1 aromatic carbocycles. The van der Waals surface area contributed by atoms with Gasteiger partial charge in [-0.1, -0.05) is 45.7 Å². The summed E-state index contributed by atoms with van der Waals surface area (Å²) in [4.78, 5) is 11.3. The zero-order valence-electron chi connectivity index (χ0n) is 12.9. The molecule has 0 heterocycles. The van der Waals surface area contributed by atoms with Gasteiger partial charge in [0.25, 0.3) is 0 Å². The predicted molar refractivity (Wildman–Crippen MR) is 79.0 cm³/mol. The summed E-state index contributed by atoms with van der Waals surface area (Å²) in [6.07, 6.45) is 3.59. The molecule has 1 atom stereocenters. The van der Waals surface area contributed by atoms with Crippen LogP contribution in [0.4, 0.5) is 4.39 Å². The summed E-state index contributed by atoms with van der Waals surface area (Å²) >= 11 is 0. The molecule has 0 N–H and O–H groups in total. The number of aryl methyl sites for hydroxylation is 1. The van der Waals surface area contributed by atoms with E-state index in [9.17, 15) is 9.18 Å². The molecule has 0 saturated carbocycles. The minimum absolute atomic E-state index is 0.0423. The molecular weight excluding hydrogens is 255 g/mol. The van der Waals surface area contributed by atoms with Crippen LogP contribution in [0, 0.1) is 11.7 Å². The second-order valence-corrected chi connectivity index (χ2v) is 5.54. The molecule has 20 heavy (non-hydrogen) atoms. The predicted octanol–water partition coefficient (Wildman–Crippen LogP) is 4.82. The van der Waals surface area contributed by atoms with E-state index in [1.807, 2.05) is 19.9 Å². The van der Waals surface area contributed by atoms with Gasteiger partial charge in [-0.2, -0.15) is 0 Å². The Hall–Kier alpha value is -1.38. The Labute approximate surface area is 121 Å². The third kappa shape index (κ3) is 4.62. The number of unbranched alkanes of at least 4 members (excludes halogenated alkanes) is 2. The average molecular weight is 280 g/mol. The van der Waals surface area contributed by atoms with Gasteiger partial charge in [-0.05, 0) is 30.4 Å². The summed E-state index contributed by atoms with van der Waals surface area (Å²) in [5.41, 5.74) is 1.51. The first kappa shape index (κ1) is 16.7. The highest BCUT2D eigenvalue weighted by Crippen LogP contribution is 2.31. The van der Waals surface area contributed by atoms with Gasteiger partial charge in [-0.25, -0.2) is 4.39 Å². The number of hydrogen-bond acceptors (Lipinski definition) is 2. The van der Waals surface area contributed by atoms with Gasteiger partial charge in [0.1, 0.15) is 11.9 Å². The van der Waals surface area contributed by atoms with Crippen LogP contribution in [-0.2, 0) is 16.0 Å². The number of ether oxygens (including phenoxy) is 1. The van der Waals surface area contributed by atoms with Crippen LogP contribution >= 0.6 is 0 Å². The molecule has 0 aliphatic carbocycles. The molecule has 0 spiro atoms. The molecule has 0 aliphatic heterocycles. The summed E-state index contributed by atoms with van der Waals surface area (Å²) < 4.78 is 19.6. The van der Waals surface area contributed by atoms with E-state index in [0.29, 0.717) is 5.56 Å². The third-order valence-electron chi connectivity index (χ3n) is 3.38. The van der Waals surface area contributed by atoms with E-state index in [2.05, 4.69) is 6.92 Å². The number of rotatable bonds is 7. The molecule has 3 heteroatoms. The number of hydrogen-bond donors (Lipinski definition) is 0. The van der Waals surface area contributed by atoms with Crippen molar-refractivity contribution in [1.82, 2.24) is 0 Å². The van der Waals surface area contributed by atoms with Crippen molar-refractivity contribution in [1.29, 1.82) is 0 Å². The van der Waals surface area contributed by atoms with Crippen molar-refractivity contribution in [2.45, 2.75) is 59.5 Å². The van der Waals surface area contributed by atoms with Crippen molar-refractivity contribution >= 4 is 5.97 Å². The van der Waals surface area contributed by atoms with Gasteiger partial charge in [0.05, 0.1) is 0 Å². The van der Waals surface area contributed by atoms with Gasteiger partial charge < -0.3 is 4.74 Å². The van der Waals surface area contributed by atoms with Crippen LogP contribution in [0.3, 0.4) is 0 Å². The maximum absolute atomic E-state index is 14.2. The molecule has 0 amide bonds. The van der Waals surface area contributed by atoms with E-state index in [4.69, 9.17) is 4.74 Å². The minimum atomic E-state index is -0.509. The van der Waals surface area contributed by atoms with Crippen molar-refractivity contribution in [3.8, 4) is 0 Å². The first-order chi connectivity index (χ1) is 9.47. The van der Waals surface area contributed by atoms with Crippen molar-refractivity contribution in [3.05, 3.63) is 35.1 Å². The van der Waals surface area contributed by atoms with E-state index >= 15 is 0 Å². The molecular formula is C17H25FO2. The summed E-state index contributed by atoms with van der Waals surface area (Å²) in [6, 6.07) is 5.11. The van der Waals surface area contributed by atoms with Crippen LogP contribution in [-0.4, -0.2) is 5.97 Å². The van der Waals surface area contributed by atoms with Gasteiger partial charge in [-0.15, -0.1) is 0 Å². The van der Waals surface area contributed by atoms with E-state index in [1.54, 1.807) is 6.07 Å². The zero-order valence-corrected chi connectivity index (χ0v) is 12.9. The van der Waals surface area contributed by atoms with E-state index < -0.39 is 6.10 Å². The van der Waals surface area contributed by atoms with E-state index in [1.165, 1.54) is 13.0 Å².